The summed E-state index contributed by atoms with van der Waals surface area (Å²) in [4.78, 5) is 48.9. The predicted octanol–water partition coefficient (Wildman–Crippen LogP) is -1.05. The van der Waals surface area contributed by atoms with E-state index in [-0.39, 0.29) is 12.2 Å². The number of carbonyl (C=O) groups is 4. The van der Waals surface area contributed by atoms with Crippen LogP contribution in [-0.2, 0) is 25.6 Å². The number of hydrogen-bond donors (Lipinski definition) is 7. The van der Waals surface area contributed by atoms with E-state index in [1.807, 2.05) is 6.26 Å². The summed E-state index contributed by atoms with van der Waals surface area (Å²) in [6.45, 7) is 2.51. The van der Waals surface area contributed by atoms with Crippen molar-refractivity contribution in [2.45, 2.75) is 57.0 Å². The van der Waals surface area contributed by atoms with E-state index in [1.54, 1.807) is 12.1 Å². The van der Waals surface area contributed by atoms with Crippen LogP contribution in [0, 0.1) is 0 Å². The highest BCUT2D eigenvalue weighted by molar-refractivity contribution is 7.98. The van der Waals surface area contributed by atoms with Gasteiger partial charge in [0.15, 0.2) is 0 Å². The van der Waals surface area contributed by atoms with E-state index in [0.717, 1.165) is 0 Å². The van der Waals surface area contributed by atoms with Crippen molar-refractivity contribution in [1.82, 2.24) is 16.0 Å². The van der Waals surface area contributed by atoms with Crippen LogP contribution in [0.3, 0.4) is 0 Å². The number of carboxylic acids is 1. The molecule has 5 unspecified atom stereocenters. The number of benzene rings is 1. The maximum absolute atomic E-state index is 13.0. The summed E-state index contributed by atoms with van der Waals surface area (Å²) >= 11 is 1.52. The number of carbonyl (C=O) groups excluding carboxylic acids is 3. The fraction of sp³-hybridized carbons (Fsp3) is 0.524. The number of nitrogens with one attached hydrogen (secondary N) is 3. The summed E-state index contributed by atoms with van der Waals surface area (Å²) in [5.41, 5.74) is 6.51. The largest absolute Gasteiger partial charge is 0.508 e. The first-order valence-corrected chi connectivity index (χ1v) is 11.7. The van der Waals surface area contributed by atoms with Gasteiger partial charge in [0.25, 0.3) is 0 Å². The van der Waals surface area contributed by atoms with E-state index in [4.69, 9.17) is 10.8 Å². The lowest BCUT2D eigenvalue weighted by Crippen LogP contribution is -2.60. The zero-order valence-electron chi connectivity index (χ0n) is 18.8. The molecule has 11 nitrogen and oxygen atoms in total. The van der Waals surface area contributed by atoms with E-state index in [1.165, 1.54) is 37.7 Å². The SMILES string of the molecule is CSCCC(N)C(=O)NC(Cc1ccc(O)cc1)C(=O)NC(C(=O)NC(C)C(=O)O)C(C)O. The molecule has 0 spiro atoms. The second-order valence-electron chi connectivity index (χ2n) is 7.62. The Bertz CT molecular complexity index is 819. The van der Waals surface area contributed by atoms with Gasteiger partial charge in [0.05, 0.1) is 12.1 Å². The molecule has 8 N–H and O–H groups in total. The smallest absolute Gasteiger partial charge is 0.325 e. The number of aromatic hydroxyl groups is 1. The molecule has 184 valence electrons. The van der Waals surface area contributed by atoms with Gasteiger partial charge in [-0.2, -0.15) is 11.8 Å². The van der Waals surface area contributed by atoms with Crippen molar-refractivity contribution >= 4 is 35.5 Å². The fourth-order valence-corrected chi connectivity index (χ4v) is 3.25. The minimum atomic E-state index is -1.45. The standard InChI is InChI=1S/C21H32N4O7S/c1-11(21(31)32)23-20(30)17(12(2)26)25-19(29)16(10-13-4-6-14(27)7-5-13)24-18(28)15(22)8-9-33-3/h4-7,11-12,15-17,26-27H,8-10,22H2,1-3H3,(H,23,30)(H,24,28)(H,25,29)(H,31,32). The number of phenolic OH excluding ortho intramolecular Hbond substituents is 1. The van der Waals surface area contributed by atoms with Gasteiger partial charge >= 0.3 is 5.97 Å². The number of aliphatic hydroxyl groups is 1. The van der Waals surface area contributed by atoms with E-state index in [0.29, 0.717) is 17.7 Å². The third kappa shape index (κ3) is 9.68. The van der Waals surface area contributed by atoms with Crippen LogP contribution in [0.25, 0.3) is 0 Å². The predicted molar refractivity (Wildman–Crippen MR) is 124 cm³/mol. The van der Waals surface area contributed by atoms with Crippen LogP contribution in [0.5, 0.6) is 5.75 Å². The monoisotopic (exact) mass is 484 g/mol. The van der Waals surface area contributed by atoms with Crippen molar-refractivity contribution in [2.24, 2.45) is 5.73 Å². The molecule has 0 bridgehead atoms. The average Bonchev–Trinajstić information content (AvgIpc) is 2.75. The summed E-state index contributed by atoms with van der Waals surface area (Å²) < 4.78 is 0. The number of aliphatic carboxylic acids is 1. The molecule has 1 rings (SSSR count). The fourth-order valence-electron chi connectivity index (χ4n) is 2.76. The second kappa shape index (κ2) is 13.7. The van der Waals surface area contributed by atoms with Crippen LogP contribution in [0.4, 0.5) is 0 Å². The maximum atomic E-state index is 13.0. The first kappa shape index (κ1) is 28.2. The van der Waals surface area contributed by atoms with Gasteiger partial charge in [-0.15, -0.1) is 0 Å². The molecular formula is C21H32N4O7S. The normalized spacial score (nSPS) is 15.4. The quantitative estimate of drug-likeness (QED) is 0.183. The third-order valence-corrected chi connectivity index (χ3v) is 5.41. The minimum Gasteiger partial charge on any atom is -0.508 e. The highest BCUT2D eigenvalue weighted by Gasteiger charge is 2.32. The Balaban J connectivity index is 3.03. The summed E-state index contributed by atoms with van der Waals surface area (Å²) in [6.07, 6.45) is 0.945. The Morgan fingerprint density at radius 2 is 1.61 bits per heavy atom. The molecule has 0 aliphatic rings. The number of hydrogen-bond acceptors (Lipinski definition) is 8. The molecule has 0 fully saturated rings. The molecule has 0 saturated carbocycles. The van der Waals surface area contributed by atoms with Gasteiger partial charge in [-0.3, -0.25) is 19.2 Å². The van der Waals surface area contributed by atoms with Crippen molar-refractivity contribution in [1.29, 1.82) is 0 Å². The van der Waals surface area contributed by atoms with Crippen LogP contribution in [0.1, 0.15) is 25.8 Å². The Morgan fingerprint density at radius 1 is 1.00 bits per heavy atom. The molecule has 5 atom stereocenters. The molecule has 1 aromatic carbocycles. The number of aliphatic hydroxyl groups excluding tert-OH is 1. The molecule has 0 radical (unpaired) electrons. The van der Waals surface area contributed by atoms with Gasteiger partial charge < -0.3 is 37.0 Å². The number of nitrogens with two attached hydrogens (primary N) is 1. The van der Waals surface area contributed by atoms with Crippen LogP contribution in [0.2, 0.25) is 0 Å². The van der Waals surface area contributed by atoms with E-state index in [2.05, 4.69) is 16.0 Å². The molecule has 3 amide bonds. The lowest BCUT2D eigenvalue weighted by Gasteiger charge is -2.26. The van der Waals surface area contributed by atoms with Crippen LogP contribution < -0.4 is 21.7 Å². The molecule has 1 aromatic rings. The van der Waals surface area contributed by atoms with Crippen molar-refractivity contribution in [2.75, 3.05) is 12.0 Å². The van der Waals surface area contributed by atoms with Gasteiger partial charge in [-0.25, -0.2) is 0 Å². The Hall–Kier alpha value is -2.83. The summed E-state index contributed by atoms with van der Waals surface area (Å²) in [6, 6.07) is 1.31. The number of carboxylic acid groups (broad SMARTS) is 1. The number of phenols is 1. The topological polar surface area (TPSA) is 191 Å². The third-order valence-electron chi connectivity index (χ3n) is 4.77. The Morgan fingerprint density at radius 3 is 2.12 bits per heavy atom. The number of rotatable bonds is 13. The van der Waals surface area contributed by atoms with Gasteiger partial charge in [-0.1, -0.05) is 12.1 Å². The first-order chi connectivity index (χ1) is 15.5. The lowest BCUT2D eigenvalue weighted by atomic mass is 10.0. The van der Waals surface area contributed by atoms with Gasteiger partial charge in [0.1, 0.15) is 23.9 Å². The zero-order chi connectivity index (χ0) is 25.1. The molecule has 0 saturated heterocycles. The van der Waals surface area contributed by atoms with E-state index < -0.39 is 54.0 Å². The molecule has 0 aromatic heterocycles. The molecule has 0 aliphatic carbocycles. The van der Waals surface area contributed by atoms with E-state index in [9.17, 15) is 29.4 Å². The van der Waals surface area contributed by atoms with Gasteiger partial charge in [0.2, 0.25) is 17.7 Å². The zero-order valence-corrected chi connectivity index (χ0v) is 19.6. The number of amides is 3. The summed E-state index contributed by atoms with van der Waals surface area (Å²) in [7, 11) is 0. The second-order valence-corrected chi connectivity index (χ2v) is 8.60. The summed E-state index contributed by atoms with van der Waals surface area (Å²) in [5.74, 6) is -2.82. The molecule has 0 heterocycles. The highest BCUT2D eigenvalue weighted by Crippen LogP contribution is 2.12. The minimum absolute atomic E-state index is 0.0206. The van der Waals surface area contributed by atoms with Crippen LogP contribution in [-0.4, -0.2) is 81.3 Å². The summed E-state index contributed by atoms with van der Waals surface area (Å²) in [5, 5.41) is 35.6. The first-order valence-electron chi connectivity index (χ1n) is 10.3. The van der Waals surface area contributed by atoms with Crippen molar-refractivity contribution in [3.05, 3.63) is 29.8 Å². The van der Waals surface area contributed by atoms with Gasteiger partial charge in [-0.05, 0) is 50.0 Å². The van der Waals surface area contributed by atoms with Crippen LogP contribution in [0.15, 0.2) is 24.3 Å². The highest BCUT2D eigenvalue weighted by atomic mass is 32.2. The average molecular weight is 485 g/mol. The number of thioether (sulfide) groups is 1. The Kier molecular flexibility index (Phi) is 11.7. The molecular weight excluding hydrogens is 452 g/mol. The van der Waals surface area contributed by atoms with Crippen molar-refractivity contribution < 1.29 is 34.5 Å². The van der Waals surface area contributed by atoms with Crippen molar-refractivity contribution in [3.63, 3.8) is 0 Å². The molecule has 12 heteroatoms. The van der Waals surface area contributed by atoms with Crippen molar-refractivity contribution in [3.8, 4) is 5.75 Å². The molecule has 0 aliphatic heterocycles. The molecule has 33 heavy (non-hydrogen) atoms. The van der Waals surface area contributed by atoms with Crippen LogP contribution >= 0.6 is 11.8 Å². The Labute approximate surface area is 196 Å². The van der Waals surface area contributed by atoms with E-state index >= 15 is 0 Å². The van der Waals surface area contributed by atoms with Gasteiger partial charge in [0, 0.05) is 6.42 Å². The maximum Gasteiger partial charge on any atom is 0.325 e. The lowest BCUT2D eigenvalue weighted by molar-refractivity contribution is -0.142.